The highest BCUT2D eigenvalue weighted by Gasteiger charge is 2.19. The number of benzene rings is 2. The lowest BCUT2D eigenvalue weighted by atomic mass is 9.98. The highest BCUT2D eigenvalue weighted by atomic mass is 79.9. The van der Waals surface area contributed by atoms with Crippen LogP contribution in [0.25, 0.3) is 0 Å². The molecule has 0 aliphatic heterocycles. The van der Waals surface area contributed by atoms with Crippen LogP contribution in [0.2, 0.25) is 5.02 Å². The molecule has 2 aromatic carbocycles. The van der Waals surface area contributed by atoms with E-state index in [1.54, 1.807) is 31.3 Å². The van der Waals surface area contributed by atoms with E-state index in [1.807, 2.05) is 6.07 Å². The summed E-state index contributed by atoms with van der Waals surface area (Å²) in [5.41, 5.74) is 1.47. The van der Waals surface area contributed by atoms with Crippen molar-refractivity contribution in [3.8, 4) is 5.75 Å². The Morgan fingerprint density at radius 2 is 1.90 bits per heavy atom. The van der Waals surface area contributed by atoms with E-state index in [1.165, 1.54) is 13.2 Å². The Morgan fingerprint density at radius 3 is 2.45 bits per heavy atom. The summed E-state index contributed by atoms with van der Waals surface area (Å²) in [6.07, 6.45) is 0. The summed E-state index contributed by atoms with van der Waals surface area (Å²) in [6, 6.07) is 10.0. The lowest BCUT2D eigenvalue weighted by Crippen LogP contribution is -2.19. The van der Waals surface area contributed by atoms with Crippen molar-refractivity contribution in [2.45, 2.75) is 6.04 Å². The zero-order valence-electron chi connectivity index (χ0n) is 11.1. The molecule has 1 unspecified atom stereocenters. The zero-order valence-corrected chi connectivity index (χ0v) is 13.4. The van der Waals surface area contributed by atoms with Crippen LogP contribution in [0.1, 0.15) is 17.2 Å². The van der Waals surface area contributed by atoms with Gasteiger partial charge in [0.25, 0.3) is 0 Å². The highest BCUT2D eigenvalue weighted by Crippen LogP contribution is 2.32. The molecule has 0 spiro atoms. The molecule has 0 fully saturated rings. The number of hydrogen-bond donors (Lipinski definition) is 1. The topological polar surface area (TPSA) is 21.3 Å². The van der Waals surface area contributed by atoms with E-state index >= 15 is 0 Å². The molecule has 0 aromatic heterocycles. The third-order valence-corrected chi connectivity index (χ3v) is 4.00. The van der Waals surface area contributed by atoms with Crippen LogP contribution >= 0.6 is 27.5 Å². The first-order chi connectivity index (χ1) is 9.56. The predicted octanol–water partition coefficient (Wildman–Crippen LogP) is 4.56. The molecule has 0 heterocycles. The van der Waals surface area contributed by atoms with E-state index in [-0.39, 0.29) is 11.9 Å². The molecule has 0 aliphatic carbocycles. The van der Waals surface area contributed by atoms with Crippen LogP contribution in [-0.2, 0) is 0 Å². The first-order valence-electron chi connectivity index (χ1n) is 6.02. The van der Waals surface area contributed by atoms with Crippen molar-refractivity contribution in [3.05, 3.63) is 62.8 Å². The van der Waals surface area contributed by atoms with Crippen molar-refractivity contribution in [3.63, 3.8) is 0 Å². The normalized spacial score (nSPS) is 12.2. The van der Waals surface area contributed by atoms with Gasteiger partial charge < -0.3 is 10.1 Å². The molecule has 0 saturated heterocycles. The molecule has 0 saturated carbocycles. The monoisotopic (exact) mass is 357 g/mol. The van der Waals surface area contributed by atoms with Crippen molar-refractivity contribution in [1.29, 1.82) is 0 Å². The predicted molar refractivity (Wildman–Crippen MR) is 83.0 cm³/mol. The minimum atomic E-state index is -0.314. The van der Waals surface area contributed by atoms with E-state index in [2.05, 4.69) is 21.2 Å². The Morgan fingerprint density at radius 1 is 1.20 bits per heavy atom. The van der Waals surface area contributed by atoms with Crippen molar-refractivity contribution in [1.82, 2.24) is 5.32 Å². The quantitative estimate of drug-likeness (QED) is 0.865. The van der Waals surface area contributed by atoms with Gasteiger partial charge in [-0.3, -0.25) is 0 Å². The molecule has 2 rings (SSSR count). The molecule has 0 aliphatic rings. The van der Waals surface area contributed by atoms with Crippen molar-refractivity contribution < 1.29 is 9.13 Å². The van der Waals surface area contributed by atoms with Crippen LogP contribution in [0.4, 0.5) is 4.39 Å². The van der Waals surface area contributed by atoms with Crippen molar-refractivity contribution in [2.75, 3.05) is 14.2 Å². The van der Waals surface area contributed by atoms with E-state index in [0.29, 0.717) is 16.3 Å². The third kappa shape index (κ3) is 3.14. The maximum Gasteiger partial charge on any atom is 0.132 e. The number of hydrogen-bond acceptors (Lipinski definition) is 2. The van der Waals surface area contributed by atoms with Gasteiger partial charge in [-0.1, -0.05) is 39.7 Å². The minimum absolute atomic E-state index is 0.271. The molecule has 2 nitrogen and oxygen atoms in total. The molecule has 1 atom stereocenters. The van der Waals surface area contributed by atoms with E-state index in [9.17, 15) is 4.39 Å². The van der Waals surface area contributed by atoms with Gasteiger partial charge in [-0.05, 0) is 30.8 Å². The molecular formula is C15H14BrClFNO. The Balaban J connectivity index is 2.47. The summed E-state index contributed by atoms with van der Waals surface area (Å²) in [6.45, 7) is 0. The highest BCUT2D eigenvalue weighted by molar-refractivity contribution is 9.10. The van der Waals surface area contributed by atoms with Crippen LogP contribution < -0.4 is 10.1 Å². The van der Waals surface area contributed by atoms with Crippen molar-refractivity contribution in [2.24, 2.45) is 0 Å². The van der Waals surface area contributed by atoms with Gasteiger partial charge in [0.05, 0.1) is 13.2 Å². The summed E-state index contributed by atoms with van der Waals surface area (Å²) >= 11 is 9.41. The number of rotatable bonds is 4. The van der Waals surface area contributed by atoms with Gasteiger partial charge in [0.15, 0.2) is 0 Å². The smallest absolute Gasteiger partial charge is 0.132 e. The van der Waals surface area contributed by atoms with Gasteiger partial charge in [-0.15, -0.1) is 0 Å². The molecule has 106 valence electrons. The van der Waals surface area contributed by atoms with E-state index < -0.39 is 0 Å². The van der Waals surface area contributed by atoms with Crippen LogP contribution in [0.5, 0.6) is 5.75 Å². The standard InChI is InChI=1S/C15H14BrClFNO/c1-19-15(11-5-3-9(17)7-13(11)16)12-6-4-10(20-2)8-14(12)18/h3-8,15,19H,1-2H3. The first kappa shape index (κ1) is 15.3. The summed E-state index contributed by atoms with van der Waals surface area (Å²) < 4.78 is 20.1. The molecular weight excluding hydrogens is 345 g/mol. The second-order valence-corrected chi connectivity index (χ2v) is 5.57. The maximum absolute atomic E-state index is 14.2. The Labute approximate surface area is 131 Å². The Bertz CT molecular complexity index is 621. The molecule has 20 heavy (non-hydrogen) atoms. The summed E-state index contributed by atoms with van der Waals surface area (Å²) in [4.78, 5) is 0. The fourth-order valence-corrected chi connectivity index (χ4v) is 2.99. The van der Waals surface area contributed by atoms with E-state index in [4.69, 9.17) is 16.3 Å². The average molecular weight is 359 g/mol. The Kier molecular flexibility index (Phi) is 5.02. The molecule has 0 radical (unpaired) electrons. The zero-order chi connectivity index (χ0) is 14.7. The average Bonchev–Trinajstić information content (AvgIpc) is 2.43. The van der Waals surface area contributed by atoms with E-state index in [0.717, 1.165) is 10.0 Å². The maximum atomic E-state index is 14.2. The van der Waals surface area contributed by atoms with Gasteiger partial charge in [0.2, 0.25) is 0 Å². The van der Waals surface area contributed by atoms with Crippen LogP contribution in [0.3, 0.4) is 0 Å². The Hall–Kier alpha value is -1.10. The minimum Gasteiger partial charge on any atom is -0.497 e. The summed E-state index contributed by atoms with van der Waals surface area (Å²) in [7, 11) is 3.30. The number of nitrogens with one attached hydrogen (secondary N) is 1. The molecule has 1 N–H and O–H groups in total. The van der Waals surface area contributed by atoms with Crippen LogP contribution in [-0.4, -0.2) is 14.2 Å². The second-order valence-electron chi connectivity index (χ2n) is 4.27. The van der Waals surface area contributed by atoms with Crippen molar-refractivity contribution >= 4 is 27.5 Å². The number of ether oxygens (including phenoxy) is 1. The van der Waals surface area contributed by atoms with Gasteiger partial charge in [-0.2, -0.15) is 0 Å². The SMILES string of the molecule is CNC(c1ccc(OC)cc1F)c1ccc(Cl)cc1Br. The van der Waals surface area contributed by atoms with Gasteiger partial charge >= 0.3 is 0 Å². The first-order valence-corrected chi connectivity index (χ1v) is 7.19. The lowest BCUT2D eigenvalue weighted by Gasteiger charge is -2.20. The largest absolute Gasteiger partial charge is 0.497 e. The summed E-state index contributed by atoms with van der Waals surface area (Å²) in [5, 5.41) is 3.75. The molecule has 0 bridgehead atoms. The lowest BCUT2D eigenvalue weighted by molar-refractivity contribution is 0.410. The molecule has 0 amide bonds. The van der Waals surface area contributed by atoms with Gasteiger partial charge in [0.1, 0.15) is 11.6 Å². The number of halogens is 3. The van der Waals surface area contributed by atoms with Gasteiger partial charge in [-0.25, -0.2) is 4.39 Å². The molecule has 5 heteroatoms. The fraction of sp³-hybridized carbons (Fsp3) is 0.200. The van der Waals surface area contributed by atoms with Crippen LogP contribution in [0, 0.1) is 5.82 Å². The fourth-order valence-electron chi connectivity index (χ4n) is 2.08. The van der Waals surface area contributed by atoms with Gasteiger partial charge in [0, 0.05) is 21.1 Å². The van der Waals surface area contributed by atoms with Crippen LogP contribution in [0.15, 0.2) is 40.9 Å². The number of methoxy groups -OCH3 is 1. The third-order valence-electron chi connectivity index (χ3n) is 3.08. The molecule has 2 aromatic rings. The second kappa shape index (κ2) is 6.57. The summed E-state index contributed by atoms with van der Waals surface area (Å²) in [5.74, 6) is 0.182.